The summed E-state index contributed by atoms with van der Waals surface area (Å²) in [5, 5.41) is 3.74. The van der Waals surface area contributed by atoms with Gasteiger partial charge in [0.2, 0.25) is 0 Å². The van der Waals surface area contributed by atoms with E-state index < -0.39 is 0 Å². The largest absolute Gasteiger partial charge is 0.330 e. The van der Waals surface area contributed by atoms with E-state index in [1.54, 1.807) is 0 Å². The molecular formula is C27H35N3. The molecule has 1 unspecified atom stereocenters. The Bertz CT molecular complexity index is 792. The lowest BCUT2D eigenvalue weighted by atomic mass is 9.79. The Labute approximate surface area is 181 Å². The minimum Gasteiger partial charge on any atom is -0.330 e. The smallest absolute Gasteiger partial charge is 0.0250 e. The van der Waals surface area contributed by atoms with Crippen molar-refractivity contribution in [1.82, 2.24) is 5.32 Å². The Morgan fingerprint density at radius 1 is 0.700 bits per heavy atom. The number of hydrogen-bond acceptors (Lipinski definition) is 3. The molecular weight excluding hydrogens is 366 g/mol. The lowest BCUT2D eigenvalue weighted by Gasteiger charge is -2.34. The highest BCUT2D eigenvalue weighted by molar-refractivity contribution is 5.23. The second-order valence-electron chi connectivity index (χ2n) is 8.37. The normalized spacial score (nSPS) is 12.6. The van der Waals surface area contributed by atoms with E-state index in [-0.39, 0.29) is 5.54 Å². The third-order valence-electron chi connectivity index (χ3n) is 5.59. The zero-order chi connectivity index (χ0) is 21.1. The maximum Gasteiger partial charge on any atom is 0.0250 e. The van der Waals surface area contributed by atoms with Crippen molar-refractivity contribution in [3.05, 3.63) is 108 Å². The molecule has 0 aliphatic rings. The van der Waals surface area contributed by atoms with Crippen LogP contribution in [-0.4, -0.2) is 24.7 Å². The van der Waals surface area contributed by atoms with Crippen LogP contribution in [0.3, 0.4) is 0 Å². The van der Waals surface area contributed by atoms with Crippen LogP contribution in [0.25, 0.3) is 0 Å². The van der Waals surface area contributed by atoms with Gasteiger partial charge in [0.05, 0.1) is 0 Å². The van der Waals surface area contributed by atoms with Gasteiger partial charge in [-0.3, -0.25) is 0 Å². The fourth-order valence-corrected chi connectivity index (χ4v) is 4.23. The molecule has 3 aromatic carbocycles. The van der Waals surface area contributed by atoms with Crippen LogP contribution in [0.2, 0.25) is 0 Å². The molecule has 0 heterocycles. The van der Waals surface area contributed by atoms with E-state index in [0.29, 0.717) is 12.6 Å². The Morgan fingerprint density at radius 3 is 1.63 bits per heavy atom. The van der Waals surface area contributed by atoms with Crippen LogP contribution in [0.15, 0.2) is 91.0 Å². The highest BCUT2D eigenvalue weighted by Crippen LogP contribution is 2.24. The SMILES string of the molecule is NCCCNC(Cc1ccccc1)CC(N)(Cc1ccccc1)Cc1ccccc1. The Balaban J connectivity index is 1.80. The molecule has 3 rings (SSSR count). The van der Waals surface area contributed by atoms with Crippen molar-refractivity contribution in [2.45, 2.75) is 43.7 Å². The predicted molar refractivity (Wildman–Crippen MR) is 127 cm³/mol. The van der Waals surface area contributed by atoms with Crippen LogP contribution in [0.1, 0.15) is 29.5 Å². The first kappa shape index (κ1) is 22.2. The summed E-state index contributed by atoms with van der Waals surface area (Å²) in [4.78, 5) is 0. The quantitative estimate of drug-likeness (QED) is 0.400. The lowest BCUT2D eigenvalue weighted by Crippen LogP contribution is -2.50. The molecule has 0 fully saturated rings. The van der Waals surface area contributed by atoms with Crippen molar-refractivity contribution in [2.75, 3.05) is 13.1 Å². The summed E-state index contributed by atoms with van der Waals surface area (Å²) < 4.78 is 0. The van der Waals surface area contributed by atoms with Gasteiger partial charge in [0.25, 0.3) is 0 Å². The minimum absolute atomic E-state index is 0.302. The predicted octanol–water partition coefficient (Wildman–Crippen LogP) is 4.11. The maximum atomic E-state index is 7.16. The second-order valence-corrected chi connectivity index (χ2v) is 8.37. The minimum atomic E-state index is -0.335. The van der Waals surface area contributed by atoms with Crippen LogP contribution in [-0.2, 0) is 19.3 Å². The van der Waals surface area contributed by atoms with Crippen LogP contribution in [0.4, 0.5) is 0 Å². The van der Waals surface area contributed by atoms with Crippen molar-refractivity contribution in [3.8, 4) is 0 Å². The molecule has 0 aliphatic carbocycles. The highest BCUT2D eigenvalue weighted by atomic mass is 14.9. The third-order valence-corrected chi connectivity index (χ3v) is 5.59. The summed E-state index contributed by atoms with van der Waals surface area (Å²) in [6, 6.07) is 32.2. The number of benzene rings is 3. The van der Waals surface area contributed by atoms with Gasteiger partial charge in [-0.1, -0.05) is 91.0 Å². The van der Waals surface area contributed by atoms with Gasteiger partial charge in [0.1, 0.15) is 0 Å². The van der Waals surface area contributed by atoms with Gasteiger partial charge in [0, 0.05) is 11.6 Å². The molecule has 0 spiro atoms. The summed E-state index contributed by atoms with van der Waals surface area (Å²) in [5.74, 6) is 0. The molecule has 3 heteroatoms. The van der Waals surface area contributed by atoms with Gasteiger partial charge in [0.15, 0.2) is 0 Å². The van der Waals surface area contributed by atoms with Gasteiger partial charge in [-0.15, -0.1) is 0 Å². The second kappa shape index (κ2) is 11.7. The molecule has 0 saturated carbocycles. The molecule has 3 nitrogen and oxygen atoms in total. The lowest BCUT2D eigenvalue weighted by molar-refractivity contribution is 0.320. The summed E-state index contributed by atoms with van der Waals surface area (Å²) in [7, 11) is 0. The zero-order valence-electron chi connectivity index (χ0n) is 17.8. The van der Waals surface area contributed by atoms with Gasteiger partial charge in [-0.25, -0.2) is 0 Å². The standard InChI is InChI=1S/C27H35N3/c28-17-10-18-30-26(19-23-11-4-1-5-12-23)22-27(29,20-24-13-6-2-7-14-24)21-25-15-8-3-9-16-25/h1-9,11-16,26,30H,10,17-22,28-29H2. The molecule has 3 aromatic rings. The van der Waals surface area contributed by atoms with Crippen molar-refractivity contribution < 1.29 is 0 Å². The number of rotatable bonds is 12. The van der Waals surface area contributed by atoms with E-state index in [9.17, 15) is 0 Å². The molecule has 0 aromatic heterocycles. The van der Waals surface area contributed by atoms with E-state index in [1.807, 2.05) is 0 Å². The summed E-state index contributed by atoms with van der Waals surface area (Å²) in [6.45, 7) is 1.62. The highest BCUT2D eigenvalue weighted by Gasteiger charge is 2.29. The van der Waals surface area contributed by atoms with E-state index in [2.05, 4.69) is 96.3 Å². The van der Waals surface area contributed by atoms with E-state index in [0.717, 1.165) is 38.6 Å². The Morgan fingerprint density at radius 2 is 1.17 bits per heavy atom. The molecule has 5 N–H and O–H groups in total. The Kier molecular flexibility index (Phi) is 8.64. The van der Waals surface area contributed by atoms with Crippen LogP contribution in [0.5, 0.6) is 0 Å². The van der Waals surface area contributed by atoms with E-state index >= 15 is 0 Å². The zero-order valence-corrected chi connectivity index (χ0v) is 17.8. The van der Waals surface area contributed by atoms with Crippen LogP contribution >= 0.6 is 0 Å². The van der Waals surface area contributed by atoms with Crippen molar-refractivity contribution in [3.63, 3.8) is 0 Å². The van der Waals surface area contributed by atoms with Crippen LogP contribution < -0.4 is 16.8 Å². The number of nitrogens with two attached hydrogens (primary N) is 2. The Hall–Kier alpha value is -2.46. The van der Waals surface area contributed by atoms with Crippen molar-refractivity contribution >= 4 is 0 Å². The molecule has 1 atom stereocenters. The molecule has 0 bridgehead atoms. The van der Waals surface area contributed by atoms with Gasteiger partial charge < -0.3 is 16.8 Å². The van der Waals surface area contributed by atoms with E-state index in [4.69, 9.17) is 11.5 Å². The number of nitrogens with one attached hydrogen (secondary N) is 1. The van der Waals surface area contributed by atoms with E-state index in [1.165, 1.54) is 16.7 Å². The summed E-state index contributed by atoms with van der Waals surface area (Å²) >= 11 is 0. The first-order valence-electron chi connectivity index (χ1n) is 11.0. The first-order chi connectivity index (χ1) is 14.7. The topological polar surface area (TPSA) is 64.1 Å². The monoisotopic (exact) mass is 401 g/mol. The van der Waals surface area contributed by atoms with Gasteiger partial charge in [-0.2, -0.15) is 0 Å². The third kappa shape index (κ3) is 7.42. The fraction of sp³-hybridized carbons (Fsp3) is 0.333. The van der Waals surface area contributed by atoms with Gasteiger partial charge in [-0.05, 0) is 61.9 Å². The summed E-state index contributed by atoms with van der Waals surface area (Å²) in [6.07, 6.45) is 4.55. The maximum absolute atomic E-state index is 7.16. The van der Waals surface area contributed by atoms with Crippen molar-refractivity contribution in [1.29, 1.82) is 0 Å². The fourth-order valence-electron chi connectivity index (χ4n) is 4.23. The molecule has 30 heavy (non-hydrogen) atoms. The molecule has 0 amide bonds. The molecule has 0 saturated heterocycles. The number of hydrogen-bond donors (Lipinski definition) is 3. The average Bonchev–Trinajstić information content (AvgIpc) is 2.76. The first-order valence-corrected chi connectivity index (χ1v) is 11.0. The van der Waals surface area contributed by atoms with Crippen LogP contribution in [0, 0.1) is 0 Å². The molecule has 0 aliphatic heterocycles. The molecule has 158 valence electrons. The molecule has 0 radical (unpaired) electrons. The van der Waals surface area contributed by atoms with Crippen molar-refractivity contribution in [2.24, 2.45) is 11.5 Å². The van der Waals surface area contributed by atoms with Gasteiger partial charge >= 0.3 is 0 Å². The average molecular weight is 402 g/mol. The summed E-state index contributed by atoms with van der Waals surface area (Å²) in [5.41, 5.74) is 16.5.